The second-order valence-corrected chi connectivity index (χ2v) is 4.06. The molecule has 2 rings (SSSR count). The zero-order valence-corrected chi connectivity index (χ0v) is 8.21. The number of rotatable bonds is 0. The van der Waals surface area contributed by atoms with Crippen molar-refractivity contribution in [3.63, 3.8) is 0 Å². The fraction of sp³-hybridized carbons (Fsp3) is 0.222. The van der Waals surface area contributed by atoms with Gasteiger partial charge in [-0.1, -0.05) is 0 Å². The number of nitrogens with one attached hydrogen (secondary N) is 1. The first-order valence-corrected chi connectivity index (χ1v) is 5.09. The normalized spacial score (nSPS) is 15.8. The smallest absolute Gasteiger partial charge is 0.324 e. The summed E-state index contributed by atoms with van der Waals surface area (Å²) in [5.41, 5.74) is -0.242. The van der Waals surface area contributed by atoms with E-state index in [1.54, 1.807) is 0 Å². The molecule has 1 aliphatic heterocycles. The molecule has 1 N–H and O–H groups in total. The molecule has 1 aromatic rings. The van der Waals surface area contributed by atoms with Gasteiger partial charge >= 0.3 is 6.18 Å². The number of fused-ring (bicyclic) bond motifs is 1. The van der Waals surface area contributed by atoms with Gasteiger partial charge in [0.05, 0.1) is 17.0 Å². The fourth-order valence-electron chi connectivity index (χ4n) is 1.25. The summed E-state index contributed by atoms with van der Waals surface area (Å²) in [5, 5.41) is 2.51. The van der Waals surface area contributed by atoms with Crippen LogP contribution < -0.4 is 5.32 Å². The van der Waals surface area contributed by atoms with Crippen LogP contribution in [0.25, 0.3) is 0 Å². The average Bonchev–Trinajstić information content (AvgIpc) is 2.15. The highest BCUT2D eigenvalue weighted by atomic mass is 32.2. The number of hydrogen-bond donors (Lipinski definition) is 1. The summed E-state index contributed by atoms with van der Waals surface area (Å²) in [7, 11) is 0. The number of carbonyl (C=O) groups is 1. The van der Waals surface area contributed by atoms with E-state index in [1.165, 1.54) is 6.07 Å². The van der Waals surface area contributed by atoms with Gasteiger partial charge in [-0.25, -0.2) is 0 Å². The quantitative estimate of drug-likeness (QED) is 0.746. The standard InChI is InChI=1S/C9H6F3NOS/c10-9(11,12)5-1-2-6-7(3-5)15-4-8(14)13-6/h1-3H,4H2,(H,13,14). The van der Waals surface area contributed by atoms with Crippen LogP contribution in [0.1, 0.15) is 5.56 Å². The van der Waals surface area contributed by atoms with Gasteiger partial charge in [-0.2, -0.15) is 13.2 Å². The second kappa shape index (κ2) is 3.44. The maximum atomic E-state index is 12.3. The van der Waals surface area contributed by atoms with Crippen molar-refractivity contribution in [3.05, 3.63) is 23.8 Å². The van der Waals surface area contributed by atoms with Crippen molar-refractivity contribution in [2.24, 2.45) is 0 Å². The minimum atomic E-state index is -4.34. The number of halogens is 3. The van der Waals surface area contributed by atoms with Crippen LogP contribution in [0.5, 0.6) is 0 Å². The van der Waals surface area contributed by atoms with Gasteiger partial charge in [-0.3, -0.25) is 4.79 Å². The molecule has 1 aromatic carbocycles. The summed E-state index contributed by atoms with van der Waals surface area (Å²) in [6, 6.07) is 3.30. The lowest BCUT2D eigenvalue weighted by Gasteiger charge is -2.17. The number of amides is 1. The largest absolute Gasteiger partial charge is 0.416 e. The van der Waals surface area contributed by atoms with Crippen molar-refractivity contribution >= 4 is 23.4 Å². The fourth-order valence-corrected chi connectivity index (χ4v) is 2.09. The third-order valence-electron chi connectivity index (χ3n) is 1.94. The van der Waals surface area contributed by atoms with Crippen LogP contribution >= 0.6 is 11.8 Å². The Kier molecular flexibility index (Phi) is 2.38. The Labute approximate surface area is 87.9 Å². The van der Waals surface area contributed by atoms with Crippen LogP contribution in [0, 0.1) is 0 Å². The Morgan fingerprint density at radius 2 is 2.07 bits per heavy atom. The molecule has 15 heavy (non-hydrogen) atoms. The highest BCUT2D eigenvalue weighted by Gasteiger charge is 2.31. The maximum Gasteiger partial charge on any atom is 0.416 e. The summed E-state index contributed by atoms with van der Waals surface area (Å²) in [4.78, 5) is 11.4. The van der Waals surface area contributed by atoms with Gasteiger partial charge in [0.25, 0.3) is 0 Å². The molecule has 1 amide bonds. The van der Waals surface area contributed by atoms with Crippen LogP contribution in [0.2, 0.25) is 0 Å². The van der Waals surface area contributed by atoms with Crippen LogP contribution in [0.15, 0.2) is 23.1 Å². The van der Waals surface area contributed by atoms with Crippen molar-refractivity contribution in [2.75, 3.05) is 11.1 Å². The summed E-state index contributed by atoms with van der Waals surface area (Å²) >= 11 is 1.12. The van der Waals surface area contributed by atoms with Gasteiger partial charge < -0.3 is 5.32 Å². The van der Waals surface area contributed by atoms with E-state index in [1.807, 2.05) is 0 Å². The highest BCUT2D eigenvalue weighted by Crippen LogP contribution is 2.37. The molecule has 1 heterocycles. The Balaban J connectivity index is 2.39. The van der Waals surface area contributed by atoms with Crippen molar-refractivity contribution < 1.29 is 18.0 Å². The van der Waals surface area contributed by atoms with Gasteiger partial charge in [0.1, 0.15) is 0 Å². The molecule has 1 aliphatic rings. The summed E-state index contributed by atoms with van der Waals surface area (Å²) in [6.45, 7) is 0. The highest BCUT2D eigenvalue weighted by molar-refractivity contribution is 8.00. The molecule has 0 bridgehead atoms. The van der Waals surface area contributed by atoms with Crippen molar-refractivity contribution in [1.29, 1.82) is 0 Å². The summed E-state index contributed by atoms with van der Waals surface area (Å²) in [6.07, 6.45) is -4.34. The second-order valence-electron chi connectivity index (χ2n) is 3.05. The Morgan fingerprint density at radius 3 is 2.73 bits per heavy atom. The van der Waals surface area contributed by atoms with Gasteiger partial charge in [-0.15, -0.1) is 11.8 Å². The molecule has 0 aliphatic carbocycles. The Hall–Kier alpha value is -1.17. The molecule has 0 atom stereocenters. The first-order chi connectivity index (χ1) is 6.97. The van der Waals surface area contributed by atoms with E-state index in [-0.39, 0.29) is 11.7 Å². The van der Waals surface area contributed by atoms with Crippen LogP contribution in [-0.4, -0.2) is 11.7 Å². The minimum absolute atomic E-state index is 0.161. The molecule has 0 saturated carbocycles. The number of alkyl halides is 3. The first kappa shape index (κ1) is 10.4. The van der Waals surface area contributed by atoms with E-state index < -0.39 is 11.7 Å². The molecule has 80 valence electrons. The number of thioether (sulfide) groups is 1. The zero-order chi connectivity index (χ0) is 11.1. The van der Waals surface area contributed by atoms with Gasteiger partial charge in [0.15, 0.2) is 0 Å². The minimum Gasteiger partial charge on any atom is -0.324 e. The molecular formula is C9H6F3NOS. The van der Waals surface area contributed by atoms with Crippen molar-refractivity contribution in [1.82, 2.24) is 0 Å². The summed E-state index contributed by atoms with van der Waals surface area (Å²) < 4.78 is 37.0. The van der Waals surface area contributed by atoms with E-state index in [0.29, 0.717) is 10.6 Å². The number of carbonyl (C=O) groups excluding carboxylic acids is 1. The molecule has 0 saturated heterocycles. The van der Waals surface area contributed by atoms with Crippen LogP contribution in [0.4, 0.5) is 18.9 Å². The van der Waals surface area contributed by atoms with Crippen LogP contribution in [0.3, 0.4) is 0 Å². The number of benzene rings is 1. The molecule has 0 unspecified atom stereocenters. The molecule has 0 spiro atoms. The van der Waals surface area contributed by atoms with Crippen molar-refractivity contribution in [2.45, 2.75) is 11.1 Å². The van der Waals surface area contributed by atoms with E-state index in [0.717, 1.165) is 23.9 Å². The zero-order valence-electron chi connectivity index (χ0n) is 7.39. The molecule has 0 fully saturated rings. The predicted molar refractivity (Wildman–Crippen MR) is 50.8 cm³/mol. The SMILES string of the molecule is O=C1CSc2cc(C(F)(F)F)ccc2N1. The third-order valence-corrected chi connectivity index (χ3v) is 3.00. The lowest BCUT2D eigenvalue weighted by molar-refractivity contribution is -0.137. The van der Waals surface area contributed by atoms with E-state index in [4.69, 9.17) is 0 Å². The van der Waals surface area contributed by atoms with Crippen molar-refractivity contribution in [3.8, 4) is 0 Å². The van der Waals surface area contributed by atoms with Gasteiger partial charge in [0, 0.05) is 4.90 Å². The van der Waals surface area contributed by atoms with Crippen LogP contribution in [-0.2, 0) is 11.0 Å². The number of anilines is 1. The van der Waals surface area contributed by atoms with Gasteiger partial charge in [0.2, 0.25) is 5.91 Å². The molecule has 6 heteroatoms. The Bertz CT molecular complexity index is 416. The maximum absolute atomic E-state index is 12.3. The van der Waals surface area contributed by atoms with E-state index >= 15 is 0 Å². The molecular weight excluding hydrogens is 227 g/mol. The third kappa shape index (κ3) is 2.09. The average molecular weight is 233 g/mol. The van der Waals surface area contributed by atoms with E-state index in [9.17, 15) is 18.0 Å². The summed E-state index contributed by atoms with van der Waals surface area (Å²) in [5.74, 6) is -0.0267. The monoisotopic (exact) mass is 233 g/mol. The Morgan fingerprint density at radius 1 is 1.33 bits per heavy atom. The molecule has 0 aromatic heterocycles. The number of hydrogen-bond acceptors (Lipinski definition) is 2. The topological polar surface area (TPSA) is 29.1 Å². The van der Waals surface area contributed by atoms with Gasteiger partial charge in [-0.05, 0) is 18.2 Å². The molecule has 0 radical (unpaired) electrons. The lowest BCUT2D eigenvalue weighted by Crippen LogP contribution is -2.19. The van der Waals surface area contributed by atoms with E-state index in [2.05, 4.69) is 5.32 Å². The first-order valence-electron chi connectivity index (χ1n) is 4.11. The lowest BCUT2D eigenvalue weighted by atomic mass is 10.2. The predicted octanol–water partition coefficient (Wildman–Crippen LogP) is 2.75. The molecule has 2 nitrogen and oxygen atoms in total.